The first-order valence-corrected chi connectivity index (χ1v) is 5.84. The Morgan fingerprint density at radius 2 is 1.88 bits per heavy atom. The summed E-state index contributed by atoms with van der Waals surface area (Å²) < 4.78 is 26.2. The van der Waals surface area contributed by atoms with Crippen molar-refractivity contribution in [3.05, 3.63) is 28.8 Å². The zero-order valence-electron chi connectivity index (χ0n) is 9.49. The third-order valence-corrected chi connectivity index (χ3v) is 3.03. The van der Waals surface area contributed by atoms with E-state index in [-0.39, 0.29) is 10.7 Å². The maximum absolute atomic E-state index is 13.4. The minimum atomic E-state index is -0.657. The van der Waals surface area contributed by atoms with E-state index in [4.69, 9.17) is 11.6 Å². The number of hydrogen-bond donors (Lipinski definition) is 1. The van der Waals surface area contributed by atoms with E-state index < -0.39 is 11.6 Å². The monoisotopic (exact) mass is 247 g/mol. The van der Waals surface area contributed by atoms with E-state index >= 15 is 0 Å². The molecule has 0 aliphatic rings. The molecule has 0 aliphatic heterocycles. The lowest BCUT2D eigenvalue weighted by molar-refractivity contribution is 0.516. The van der Waals surface area contributed by atoms with Gasteiger partial charge in [0.2, 0.25) is 0 Å². The largest absolute Gasteiger partial charge is 0.381 e. The molecule has 0 unspecified atom stereocenters. The van der Waals surface area contributed by atoms with Crippen LogP contribution in [0.1, 0.15) is 26.7 Å². The molecule has 0 aliphatic carbocycles. The molecule has 1 aromatic carbocycles. The van der Waals surface area contributed by atoms with Crippen LogP contribution in [0, 0.1) is 17.6 Å². The van der Waals surface area contributed by atoms with Crippen LogP contribution in [-0.4, -0.2) is 6.54 Å². The third-order valence-electron chi connectivity index (χ3n) is 2.73. The van der Waals surface area contributed by atoms with Crippen molar-refractivity contribution < 1.29 is 8.78 Å². The molecule has 1 rings (SSSR count). The molecule has 0 aromatic heterocycles. The number of rotatable bonds is 5. The number of benzene rings is 1. The lowest BCUT2D eigenvalue weighted by atomic mass is 10.0. The SMILES string of the molecule is CCC(CC)CNc1c(F)cc(F)cc1Cl. The van der Waals surface area contributed by atoms with Crippen molar-refractivity contribution in [3.63, 3.8) is 0 Å². The second-order valence-corrected chi connectivity index (χ2v) is 4.22. The Morgan fingerprint density at radius 3 is 2.38 bits per heavy atom. The van der Waals surface area contributed by atoms with Crippen molar-refractivity contribution in [2.75, 3.05) is 11.9 Å². The van der Waals surface area contributed by atoms with Gasteiger partial charge in [0.15, 0.2) is 5.82 Å². The quantitative estimate of drug-likeness (QED) is 0.810. The van der Waals surface area contributed by atoms with Gasteiger partial charge in [-0.25, -0.2) is 8.78 Å². The molecule has 1 N–H and O–H groups in total. The number of halogens is 3. The van der Waals surface area contributed by atoms with Crippen LogP contribution in [-0.2, 0) is 0 Å². The Morgan fingerprint density at radius 1 is 1.25 bits per heavy atom. The highest BCUT2D eigenvalue weighted by Crippen LogP contribution is 2.26. The van der Waals surface area contributed by atoms with Crippen molar-refractivity contribution in [1.29, 1.82) is 0 Å². The van der Waals surface area contributed by atoms with Crippen LogP contribution in [0.5, 0.6) is 0 Å². The molecule has 0 atom stereocenters. The molecule has 1 aromatic rings. The van der Waals surface area contributed by atoms with E-state index in [1.54, 1.807) is 0 Å². The Balaban J connectivity index is 2.74. The fourth-order valence-electron chi connectivity index (χ4n) is 1.53. The fraction of sp³-hybridized carbons (Fsp3) is 0.500. The topological polar surface area (TPSA) is 12.0 Å². The first kappa shape index (κ1) is 13.2. The van der Waals surface area contributed by atoms with E-state index in [1.807, 2.05) is 0 Å². The fourth-order valence-corrected chi connectivity index (χ4v) is 1.80. The predicted octanol–water partition coefficient (Wildman–Crippen LogP) is 4.47. The first-order chi connectivity index (χ1) is 7.58. The normalized spacial score (nSPS) is 10.9. The summed E-state index contributed by atoms with van der Waals surface area (Å²) >= 11 is 5.76. The molecule has 0 amide bonds. The lowest BCUT2D eigenvalue weighted by Crippen LogP contribution is -2.14. The molecule has 0 saturated heterocycles. The zero-order chi connectivity index (χ0) is 12.1. The molecule has 16 heavy (non-hydrogen) atoms. The van der Waals surface area contributed by atoms with E-state index in [1.165, 1.54) is 0 Å². The highest BCUT2D eigenvalue weighted by molar-refractivity contribution is 6.33. The van der Waals surface area contributed by atoms with Crippen LogP contribution in [0.3, 0.4) is 0 Å². The van der Waals surface area contributed by atoms with Crippen LogP contribution in [0.2, 0.25) is 5.02 Å². The molecule has 0 spiro atoms. The summed E-state index contributed by atoms with van der Waals surface area (Å²) in [5, 5.41) is 3.02. The van der Waals surface area contributed by atoms with Gasteiger partial charge in [-0.1, -0.05) is 38.3 Å². The second kappa shape index (κ2) is 6.04. The summed E-state index contributed by atoms with van der Waals surface area (Å²) in [6, 6.07) is 1.95. The molecular weight excluding hydrogens is 232 g/mol. The summed E-state index contributed by atoms with van der Waals surface area (Å²) in [6.45, 7) is 4.81. The number of anilines is 1. The Kier molecular flexibility index (Phi) is 5.00. The smallest absolute Gasteiger partial charge is 0.150 e. The summed E-state index contributed by atoms with van der Waals surface area (Å²) in [5.74, 6) is -0.827. The predicted molar refractivity (Wildman–Crippen MR) is 63.9 cm³/mol. The van der Waals surface area contributed by atoms with E-state index in [9.17, 15) is 8.78 Å². The van der Waals surface area contributed by atoms with Crippen LogP contribution in [0.25, 0.3) is 0 Å². The first-order valence-electron chi connectivity index (χ1n) is 5.46. The van der Waals surface area contributed by atoms with Crippen molar-refractivity contribution >= 4 is 17.3 Å². The summed E-state index contributed by atoms with van der Waals surface area (Å²) in [4.78, 5) is 0. The average molecular weight is 248 g/mol. The summed E-state index contributed by atoms with van der Waals surface area (Å²) in [7, 11) is 0. The van der Waals surface area contributed by atoms with Gasteiger partial charge in [0.25, 0.3) is 0 Å². The minimum absolute atomic E-state index is 0.0865. The van der Waals surface area contributed by atoms with Crippen molar-refractivity contribution in [2.24, 2.45) is 5.92 Å². The molecule has 0 fully saturated rings. The van der Waals surface area contributed by atoms with Crippen LogP contribution in [0.4, 0.5) is 14.5 Å². The number of hydrogen-bond acceptors (Lipinski definition) is 1. The molecular formula is C12H16ClF2N. The van der Waals surface area contributed by atoms with Gasteiger partial charge in [0, 0.05) is 12.6 Å². The Hall–Kier alpha value is -0.830. The summed E-state index contributed by atoms with van der Waals surface area (Å²) in [6.07, 6.45) is 2.04. The molecule has 0 bridgehead atoms. The highest BCUT2D eigenvalue weighted by atomic mass is 35.5. The molecule has 90 valence electrons. The molecule has 0 radical (unpaired) electrons. The minimum Gasteiger partial charge on any atom is -0.381 e. The maximum atomic E-state index is 13.4. The van der Waals surface area contributed by atoms with E-state index in [0.717, 1.165) is 25.0 Å². The molecule has 4 heteroatoms. The average Bonchev–Trinajstić information content (AvgIpc) is 2.22. The molecule has 0 saturated carbocycles. The highest BCUT2D eigenvalue weighted by Gasteiger charge is 2.11. The Bertz CT molecular complexity index is 328. The van der Waals surface area contributed by atoms with Gasteiger partial charge in [0.05, 0.1) is 10.7 Å². The van der Waals surface area contributed by atoms with Crippen molar-refractivity contribution in [1.82, 2.24) is 0 Å². The van der Waals surface area contributed by atoms with Gasteiger partial charge >= 0.3 is 0 Å². The van der Waals surface area contributed by atoms with E-state index in [2.05, 4.69) is 19.2 Å². The van der Waals surface area contributed by atoms with Crippen LogP contribution >= 0.6 is 11.6 Å². The number of nitrogens with one attached hydrogen (secondary N) is 1. The molecule has 0 heterocycles. The Labute approximate surface area is 99.8 Å². The van der Waals surface area contributed by atoms with Gasteiger partial charge < -0.3 is 5.32 Å². The maximum Gasteiger partial charge on any atom is 0.150 e. The standard InChI is InChI=1S/C12H16ClF2N/c1-3-8(4-2)7-16-12-10(13)5-9(14)6-11(12)15/h5-6,8,16H,3-4,7H2,1-2H3. The van der Waals surface area contributed by atoms with Crippen LogP contribution in [0.15, 0.2) is 12.1 Å². The van der Waals surface area contributed by atoms with E-state index in [0.29, 0.717) is 12.5 Å². The van der Waals surface area contributed by atoms with Crippen molar-refractivity contribution in [3.8, 4) is 0 Å². The molecule has 1 nitrogen and oxygen atoms in total. The van der Waals surface area contributed by atoms with Gasteiger partial charge in [-0.05, 0) is 12.0 Å². The van der Waals surface area contributed by atoms with Gasteiger partial charge in [-0.15, -0.1) is 0 Å². The third kappa shape index (κ3) is 3.34. The van der Waals surface area contributed by atoms with Gasteiger partial charge in [-0.3, -0.25) is 0 Å². The lowest BCUT2D eigenvalue weighted by Gasteiger charge is -2.15. The second-order valence-electron chi connectivity index (χ2n) is 3.81. The van der Waals surface area contributed by atoms with Gasteiger partial charge in [-0.2, -0.15) is 0 Å². The van der Waals surface area contributed by atoms with Crippen molar-refractivity contribution in [2.45, 2.75) is 26.7 Å². The van der Waals surface area contributed by atoms with Gasteiger partial charge in [0.1, 0.15) is 5.82 Å². The zero-order valence-corrected chi connectivity index (χ0v) is 10.2. The summed E-state index contributed by atoms with van der Waals surface area (Å²) in [5.41, 5.74) is 0.190. The van der Waals surface area contributed by atoms with Crippen LogP contribution < -0.4 is 5.32 Å².